The number of carbonyl (C=O) groups excluding carboxylic acids is 1. The van der Waals surface area contributed by atoms with Gasteiger partial charge < -0.3 is 10.2 Å². The zero-order valence-electron chi connectivity index (χ0n) is 9.77. The number of aliphatic carboxylic acids is 1. The van der Waals surface area contributed by atoms with Crippen LogP contribution in [0.1, 0.15) is 41.6 Å². The highest BCUT2D eigenvalue weighted by atomic mass is 16.4. The number of hydrogen-bond donors (Lipinski definition) is 2. The molecule has 1 aromatic rings. The van der Waals surface area contributed by atoms with Gasteiger partial charge in [-0.25, -0.2) is 0 Å². The summed E-state index contributed by atoms with van der Waals surface area (Å²) in [6.45, 7) is 1.73. The number of benzene rings is 1. The van der Waals surface area contributed by atoms with E-state index in [9.17, 15) is 14.7 Å². The molecule has 17 heavy (non-hydrogen) atoms. The monoisotopic (exact) mass is 236 g/mol. The minimum Gasteiger partial charge on any atom is -0.508 e. The minimum absolute atomic E-state index is 0.0153. The van der Waals surface area contributed by atoms with Gasteiger partial charge in [-0.2, -0.15) is 0 Å². The van der Waals surface area contributed by atoms with Gasteiger partial charge in [-0.05, 0) is 43.5 Å². The number of ketones is 1. The van der Waals surface area contributed by atoms with Crippen LogP contribution in [0.5, 0.6) is 5.75 Å². The van der Waals surface area contributed by atoms with E-state index in [1.54, 1.807) is 19.1 Å². The van der Waals surface area contributed by atoms with Crippen LogP contribution >= 0.6 is 0 Å². The van der Waals surface area contributed by atoms with E-state index in [4.69, 9.17) is 5.11 Å². The van der Waals surface area contributed by atoms with E-state index in [0.29, 0.717) is 30.4 Å². The van der Waals surface area contributed by atoms with E-state index in [2.05, 4.69) is 0 Å². The van der Waals surface area contributed by atoms with Gasteiger partial charge in [0.2, 0.25) is 0 Å². The summed E-state index contributed by atoms with van der Waals surface area (Å²) in [7, 11) is 0. The highest BCUT2D eigenvalue weighted by Crippen LogP contribution is 2.18. The van der Waals surface area contributed by atoms with Crippen LogP contribution in [0.25, 0.3) is 0 Å². The molecule has 0 bridgehead atoms. The van der Waals surface area contributed by atoms with Crippen LogP contribution in [0, 0.1) is 6.92 Å². The molecule has 0 aliphatic heterocycles. The molecule has 0 fully saturated rings. The zero-order chi connectivity index (χ0) is 12.8. The number of hydrogen-bond acceptors (Lipinski definition) is 3. The third-order valence-corrected chi connectivity index (χ3v) is 2.56. The highest BCUT2D eigenvalue weighted by molar-refractivity contribution is 5.96. The van der Waals surface area contributed by atoms with Crippen LogP contribution in [-0.4, -0.2) is 22.0 Å². The van der Waals surface area contributed by atoms with Crippen LogP contribution in [0.3, 0.4) is 0 Å². The number of carbonyl (C=O) groups is 2. The van der Waals surface area contributed by atoms with Gasteiger partial charge in [0.1, 0.15) is 5.75 Å². The Labute approximate surface area is 99.9 Å². The van der Waals surface area contributed by atoms with Crippen LogP contribution in [0.15, 0.2) is 18.2 Å². The van der Waals surface area contributed by atoms with E-state index >= 15 is 0 Å². The second-order valence-corrected chi connectivity index (χ2v) is 4.03. The Morgan fingerprint density at radius 3 is 2.41 bits per heavy atom. The molecule has 0 saturated heterocycles. The first-order valence-corrected chi connectivity index (χ1v) is 5.55. The molecule has 0 amide bonds. The van der Waals surface area contributed by atoms with Crippen LogP contribution in [-0.2, 0) is 4.79 Å². The van der Waals surface area contributed by atoms with Crippen LogP contribution in [0.4, 0.5) is 0 Å². The molecule has 0 unspecified atom stereocenters. The highest BCUT2D eigenvalue weighted by Gasteiger charge is 2.07. The number of unbranched alkanes of at least 4 members (excludes halogenated alkanes) is 1. The summed E-state index contributed by atoms with van der Waals surface area (Å²) >= 11 is 0. The fraction of sp³-hybridized carbons (Fsp3) is 0.385. The van der Waals surface area contributed by atoms with Crippen molar-refractivity contribution in [3.63, 3.8) is 0 Å². The number of phenols is 1. The number of carboxylic acid groups (broad SMARTS) is 1. The smallest absolute Gasteiger partial charge is 0.303 e. The molecule has 0 aliphatic carbocycles. The van der Waals surface area contributed by atoms with Gasteiger partial charge >= 0.3 is 5.97 Å². The molecule has 0 aromatic heterocycles. The summed E-state index contributed by atoms with van der Waals surface area (Å²) in [6.07, 6.45) is 1.53. The van der Waals surface area contributed by atoms with Gasteiger partial charge in [-0.15, -0.1) is 0 Å². The Morgan fingerprint density at radius 2 is 1.82 bits per heavy atom. The van der Waals surface area contributed by atoms with Crippen molar-refractivity contribution < 1.29 is 19.8 Å². The fourth-order valence-corrected chi connectivity index (χ4v) is 1.54. The van der Waals surface area contributed by atoms with Crippen molar-refractivity contribution >= 4 is 11.8 Å². The number of carboxylic acids is 1. The maximum atomic E-state index is 11.7. The number of aromatic hydroxyl groups is 1. The molecule has 4 heteroatoms. The summed E-state index contributed by atoms with van der Waals surface area (Å²) in [5, 5.41) is 17.8. The minimum atomic E-state index is -0.835. The van der Waals surface area contributed by atoms with Crippen molar-refractivity contribution in [2.75, 3.05) is 0 Å². The summed E-state index contributed by atoms with van der Waals surface area (Å²) in [5.41, 5.74) is 1.23. The van der Waals surface area contributed by atoms with Crippen LogP contribution < -0.4 is 0 Å². The number of Topliss-reactive ketones (excluding diaryl/α,β-unsaturated/α-hetero) is 1. The van der Waals surface area contributed by atoms with Crippen molar-refractivity contribution in [2.45, 2.75) is 32.6 Å². The Morgan fingerprint density at radius 1 is 1.18 bits per heavy atom. The van der Waals surface area contributed by atoms with E-state index in [-0.39, 0.29) is 18.0 Å². The van der Waals surface area contributed by atoms with Gasteiger partial charge in [0.15, 0.2) is 5.78 Å². The summed E-state index contributed by atoms with van der Waals surface area (Å²) in [5.74, 6) is -0.677. The molecular formula is C13H16O4. The fourth-order valence-electron chi connectivity index (χ4n) is 1.54. The standard InChI is InChI=1S/C13H16O4/c1-9-8-10(6-7-11(9)14)12(15)4-2-3-5-13(16)17/h6-8,14H,2-5H2,1H3,(H,16,17). The third kappa shape index (κ3) is 4.26. The van der Waals surface area contributed by atoms with E-state index in [1.165, 1.54) is 6.07 Å². The van der Waals surface area contributed by atoms with Crippen molar-refractivity contribution in [3.8, 4) is 5.75 Å². The molecule has 4 nitrogen and oxygen atoms in total. The summed E-state index contributed by atoms with van der Waals surface area (Å²) in [6, 6.07) is 4.73. The summed E-state index contributed by atoms with van der Waals surface area (Å²) in [4.78, 5) is 22.0. The number of aryl methyl sites for hydroxylation is 1. The Bertz CT molecular complexity index is 423. The predicted octanol–water partition coefficient (Wildman–Crippen LogP) is 2.53. The van der Waals surface area contributed by atoms with Crippen molar-refractivity contribution in [1.29, 1.82) is 0 Å². The largest absolute Gasteiger partial charge is 0.508 e. The Hall–Kier alpha value is -1.84. The lowest BCUT2D eigenvalue weighted by atomic mass is 10.0. The molecule has 0 saturated carbocycles. The average molecular weight is 236 g/mol. The molecule has 1 aromatic carbocycles. The van der Waals surface area contributed by atoms with Gasteiger partial charge in [0, 0.05) is 18.4 Å². The topological polar surface area (TPSA) is 74.6 Å². The molecule has 0 spiro atoms. The van der Waals surface area contributed by atoms with Crippen molar-refractivity contribution in [1.82, 2.24) is 0 Å². The maximum absolute atomic E-state index is 11.7. The SMILES string of the molecule is Cc1cc(C(=O)CCCCC(=O)O)ccc1O. The quantitative estimate of drug-likeness (QED) is 0.588. The van der Waals surface area contributed by atoms with E-state index in [0.717, 1.165) is 0 Å². The molecule has 0 aliphatic rings. The predicted molar refractivity (Wildman–Crippen MR) is 63.3 cm³/mol. The molecule has 1 rings (SSSR count). The molecule has 0 heterocycles. The average Bonchev–Trinajstić information content (AvgIpc) is 2.27. The third-order valence-electron chi connectivity index (χ3n) is 2.56. The van der Waals surface area contributed by atoms with Gasteiger partial charge in [0.05, 0.1) is 0 Å². The van der Waals surface area contributed by atoms with E-state index in [1.807, 2.05) is 0 Å². The maximum Gasteiger partial charge on any atom is 0.303 e. The second-order valence-electron chi connectivity index (χ2n) is 4.03. The zero-order valence-corrected chi connectivity index (χ0v) is 9.77. The van der Waals surface area contributed by atoms with E-state index < -0.39 is 5.97 Å². The van der Waals surface area contributed by atoms with Gasteiger partial charge in [-0.3, -0.25) is 9.59 Å². The second kappa shape index (κ2) is 6.03. The van der Waals surface area contributed by atoms with Gasteiger partial charge in [0.25, 0.3) is 0 Å². The lowest BCUT2D eigenvalue weighted by Crippen LogP contribution is -2.00. The first kappa shape index (κ1) is 13.2. The molecule has 2 N–H and O–H groups in total. The Kier molecular flexibility index (Phi) is 4.69. The lowest BCUT2D eigenvalue weighted by Gasteiger charge is -2.03. The number of phenolic OH excluding ortho intramolecular Hbond substituents is 1. The molecule has 0 radical (unpaired) electrons. The van der Waals surface area contributed by atoms with Gasteiger partial charge in [-0.1, -0.05) is 0 Å². The van der Waals surface area contributed by atoms with Crippen LogP contribution in [0.2, 0.25) is 0 Å². The molecular weight excluding hydrogens is 220 g/mol. The lowest BCUT2D eigenvalue weighted by molar-refractivity contribution is -0.137. The first-order chi connectivity index (χ1) is 8.00. The first-order valence-electron chi connectivity index (χ1n) is 5.55. The normalized spacial score (nSPS) is 10.2. The summed E-state index contributed by atoms with van der Waals surface area (Å²) < 4.78 is 0. The molecule has 0 atom stereocenters. The molecule has 92 valence electrons. The van der Waals surface area contributed by atoms with Crippen molar-refractivity contribution in [3.05, 3.63) is 29.3 Å². The Balaban J connectivity index is 2.47. The number of rotatable bonds is 6. The van der Waals surface area contributed by atoms with Crippen molar-refractivity contribution in [2.24, 2.45) is 0 Å².